The lowest BCUT2D eigenvalue weighted by atomic mass is 10.2. The van der Waals surface area contributed by atoms with Crippen molar-refractivity contribution < 1.29 is 33.3 Å². The second-order valence-electron chi connectivity index (χ2n) is 3.87. The van der Waals surface area contributed by atoms with Crippen LogP contribution < -0.4 is 23.0 Å². The number of hydrogen-bond acceptors (Lipinski definition) is 5. The molecule has 0 atom stereocenters. The molecule has 0 saturated heterocycles. The summed E-state index contributed by atoms with van der Waals surface area (Å²) in [6.07, 6.45) is 4.36. The molecule has 0 amide bonds. The van der Waals surface area contributed by atoms with Crippen LogP contribution in [0, 0.1) is 17.2 Å². The Labute approximate surface area is 115 Å². The molecule has 2 aromatic heterocycles. The lowest BCUT2D eigenvalue weighted by Crippen LogP contribution is -2.68. The van der Waals surface area contributed by atoms with Crippen LogP contribution in [0.3, 0.4) is 0 Å². The molecule has 0 aliphatic carbocycles. The summed E-state index contributed by atoms with van der Waals surface area (Å²) in [7, 11) is -4.94. The Morgan fingerprint density at radius 1 is 1.00 bits per heavy atom. The minimum atomic E-state index is -4.94. The molecule has 5 nitrogen and oxygen atoms in total. The van der Waals surface area contributed by atoms with E-state index in [1.165, 1.54) is 20.5 Å². The number of aromatic nitrogens is 1. The molecule has 7 heteroatoms. The van der Waals surface area contributed by atoms with Gasteiger partial charge >= 0.3 is 0 Å². The van der Waals surface area contributed by atoms with Gasteiger partial charge in [0.25, 0.3) is 4.83 Å². The molecule has 0 saturated carbocycles. The Kier molecular flexibility index (Phi) is 4.00. The molecule has 0 aliphatic heterocycles. The van der Waals surface area contributed by atoms with E-state index in [0.717, 1.165) is 0 Å². The van der Waals surface area contributed by atoms with E-state index in [1.54, 1.807) is 0 Å². The average molecular weight is 300 g/mol. The maximum atomic E-state index is 8.49. The van der Waals surface area contributed by atoms with Crippen molar-refractivity contribution in [2.75, 3.05) is 0 Å². The molecule has 2 heterocycles. The highest BCUT2D eigenvalue weighted by molar-refractivity contribution is 7.16. The van der Waals surface area contributed by atoms with Crippen LogP contribution >= 0.6 is 11.3 Å². The fraction of sp³-hybridized carbons (Fsp3) is 0.0833. The van der Waals surface area contributed by atoms with Gasteiger partial charge in [-0.05, 0) is 18.4 Å². The first-order valence-corrected chi connectivity index (χ1v) is 7.30. The molecule has 0 aliphatic rings. The lowest BCUT2D eigenvalue weighted by Gasteiger charge is -2.17. The summed E-state index contributed by atoms with van der Waals surface area (Å²) in [6.45, 7) is 2.14. The topological polar surface area (TPSA) is 96.3 Å². The number of fused-ring (bicyclic) bond motifs is 2. The smallest absolute Gasteiger partial charge is 0.222 e. The van der Waals surface area contributed by atoms with E-state index in [-0.39, 0.29) is 0 Å². The second kappa shape index (κ2) is 5.38. The van der Waals surface area contributed by atoms with Crippen LogP contribution in [0.2, 0.25) is 0 Å². The molecule has 3 aromatic rings. The highest BCUT2D eigenvalue weighted by atomic mass is 35.7. The zero-order valence-electron chi connectivity index (χ0n) is 9.91. The molecule has 0 unspecified atom stereocenters. The fourth-order valence-electron chi connectivity index (χ4n) is 1.75. The SMILES string of the molecule is Cc1c[n+]2cc3ccccc3cc2s1.[O-][Cl+3]([O-])([O-])[O-]. The summed E-state index contributed by atoms with van der Waals surface area (Å²) in [5, 5.41) is 2.61. The predicted octanol–water partition coefficient (Wildman–Crippen LogP) is -1.81. The Bertz CT molecular complexity index is 649. The number of rotatable bonds is 0. The zero-order chi connectivity index (χ0) is 14.0. The van der Waals surface area contributed by atoms with Crippen LogP contribution in [0.1, 0.15) is 4.88 Å². The molecular formula is C12H10ClNO4S. The first kappa shape index (κ1) is 14.1. The van der Waals surface area contributed by atoms with Crippen molar-refractivity contribution in [1.29, 1.82) is 0 Å². The van der Waals surface area contributed by atoms with Gasteiger partial charge in [-0.1, -0.05) is 29.5 Å². The van der Waals surface area contributed by atoms with Crippen LogP contribution in [-0.2, 0) is 0 Å². The largest absolute Gasteiger partial charge is 0.267 e. The van der Waals surface area contributed by atoms with Crippen molar-refractivity contribution in [3.63, 3.8) is 0 Å². The van der Waals surface area contributed by atoms with Crippen molar-refractivity contribution in [2.45, 2.75) is 6.92 Å². The van der Waals surface area contributed by atoms with Crippen molar-refractivity contribution in [1.82, 2.24) is 0 Å². The molecule has 0 bridgehead atoms. The van der Waals surface area contributed by atoms with Crippen LogP contribution in [-0.4, -0.2) is 0 Å². The van der Waals surface area contributed by atoms with E-state index in [4.69, 9.17) is 18.6 Å². The number of hydrogen-bond donors (Lipinski definition) is 0. The third kappa shape index (κ3) is 4.10. The van der Waals surface area contributed by atoms with Crippen molar-refractivity contribution in [2.24, 2.45) is 0 Å². The predicted molar refractivity (Wildman–Crippen MR) is 59.7 cm³/mol. The van der Waals surface area contributed by atoms with E-state index < -0.39 is 10.2 Å². The molecule has 100 valence electrons. The summed E-state index contributed by atoms with van der Waals surface area (Å²) in [6, 6.07) is 10.7. The van der Waals surface area contributed by atoms with Gasteiger partial charge in [-0.15, -0.1) is 10.2 Å². The molecule has 3 rings (SSSR count). The van der Waals surface area contributed by atoms with E-state index in [9.17, 15) is 0 Å². The second-order valence-corrected chi connectivity index (χ2v) is 5.89. The number of benzene rings is 1. The van der Waals surface area contributed by atoms with Gasteiger partial charge in [0.2, 0.25) is 0 Å². The maximum absolute atomic E-state index is 8.49. The molecule has 0 fully saturated rings. The van der Waals surface area contributed by atoms with Gasteiger partial charge in [0.05, 0.1) is 4.88 Å². The Hall–Kier alpha value is -1.28. The molecule has 19 heavy (non-hydrogen) atoms. The van der Waals surface area contributed by atoms with E-state index >= 15 is 0 Å². The zero-order valence-corrected chi connectivity index (χ0v) is 11.5. The van der Waals surface area contributed by atoms with Crippen LogP contribution in [0.25, 0.3) is 15.6 Å². The number of aryl methyl sites for hydroxylation is 1. The van der Waals surface area contributed by atoms with Gasteiger partial charge in [-0.25, -0.2) is 18.6 Å². The van der Waals surface area contributed by atoms with Gasteiger partial charge < -0.3 is 0 Å². The molecule has 0 radical (unpaired) electrons. The third-order valence-corrected chi connectivity index (χ3v) is 3.36. The van der Waals surface area contributed by atoms with E-state index in [0.29, 0.717) is 0 Å². The van der Waals surface area contributed by atoms with Gasteiger partial charge in [-0.3, -0.25) is 0 Å². The Balaban J connectivity index is 0.000000232. The summed E-state index contributed by atoms with van der Waals surface area (Å²) >= 11 is 1.83. The van der Waals surface area contributed by atoms with Gasteiger partial charge in [-0.2, -0.15) is 4.40 Å². The number of pyridine rings is 1. The highest BCUT2D eigenvalue weighted by Crippen LogP contribution is 2.17. The lowest BCUT2D eigenvalue weighted by molar-refractivity contribution is -2.00. The van der Waals surface area contributed by atoms with Crippen molar-refractivity contribution in [3.05, 3.63) is 47.6 Å². The Morgan fingerprint density at radius 3 is 2.21 bits per heavy atom. The first-order valence-electron chi connectivity index (χ1n) is 5.25. The normalized spacial score (nSPS) is 11.4. The number of thiazole rings is 1. The third-order valence-electron chi connectivity index (χ3n) is 2.39. The van der Waals surface area contributed by atoms with Crippen LogP contribution in [0.5, 0.6) is 0 Å². The average Bonchev–Trinajstić information content (AvgIpc) is 2.62. The summed E-state index contributed by atoms with van der Waals surface area (Å²) in [5.41, 5.74) is 0. The van der Waals surface area contributed by atoms with Gasteiger partial charge in [0, 0.05) is 11.5 Å². The van der Waals surface area contributed by atoms with Gasteiger partial charge in [0.1, 0.15) is 0 Å². The van der Waals surface area contributed by atoms with Crippen LogP contribution in [0.15, 0.2) is 42.7 Å². The first-order chi connectivity index (χ1) is 8.83. The number of nitrogens with zero attached hydrogens (tertiary/aromatic N) is 1. The minimum Gasteiger partial charge on any atom is -0.222 e. The highest BCUT2D eigenvalue weighted by Gasteiger charge is 2.07. The number of halogens is 1. The van der Waals surface area contributed by atoms with E-state index in [1.807, 2.05) is 11.3 Å². The molecule has 0 spiro atoms. The van der Waals surface area contributed by atoms with Crippen LogP contribution in [0.4, 0.5) is 0 Å². The quantitative estimate of drug-likeness (QED) is 0.457. The Morgan fingerprint density at radius 2 is 1.58 bits per heavy atom. The molecule has 0 N–H and O–H groups in total. The standard InChI is InChI=1S/C12H10NS.ClHO4/c1-9-7-13-8-11-5-3-2-4-10(11)6-12(13)14-9;2-1(3,4)5/h2-8H,1H3;(H,2,3,4,5)/q+1;/p-1. The summed E-state index contributed by atoms with van der Waals surface area (Å²) in [4.78, 5) is 2.65. The van der Waals surface area contributed by atoms with Crippen molar-refractivity contribution >= 4 is 26.9 Å². The monoisotopic (exact) mass is 299 g/mol. The van der Waals surface area contributed by atoms with E-state index in [2.05, 4.69) is 54.0 Å². The minimum absolute atomic E-state index is 1.29. The van der Waals surface area contributed by atoms with Gasteiger partial charge in [0.15, 0.2) is 12.4 Å². The fourth-order valence-corrected chi connectivity index (χ4v) is 2.64. The maximum Gasteiger partial charge on any atom is 0.267 e. The van der Waals surface area contributed by atoms with Crippen molar-refractivity contribution in [3.8, 4) is 0 Å². The molecular weight excluding hydrogens is 290 g/mol. The summed E-state index contributed by atoms with van der Waals surface area (Å²) in [5.74, 6) is 0. The summed E-state index contributed by atoms with van der Waals surface area (Å²) < 4.78 is 36.2. The molecule has 1 aromatic carbocycles.